The maximum Gasteiger partial charge on any atom is 0.335 e. The molecular formula is C23H34O7. The Morgan fingerprint density at radius 3 is 1.90 bits per heavy atom. The van der Waals surface area contributed by atoms with Crippen molar-refractivity contribution in [2.45, 2.75) is 90.8 Å². The Hall–Kier alpha value is -2.25. The highest BCUT2D eigenvalue weighted by molar-refractivity contribution is 5.93. The van der Waals surface area contributed by atoms with Crippen LogP contribution in [0.1, 0.15) is 61.3 Å². The number of rotatable bonds is 12. The van der Waals surface area contributed by atoms with Crippen LogP contribution in [0.3, 0.4) is 0 Å². The number of hydrogen-bond donors (Lipinski definition) is 1. The monoisotopic (exact) mass is 422 g/mol. The molecule has 0 saturated heterocycles. The van der Waals surface area contributed by atoms with E-state index in [9.17, 15) is 19.5 Å². The van der Waals surface area contributed by atoms with Crippen molar-refractivity contribution in [1.29, 1.82) is 0 Å². The molecule has 5 unspecified atom stereocenters. The molecule has 0 aromatic heterocycles. The van der Waals surface area contributed by atoms with Gasteiger partial charge in [0.2, 0.25) is 5.78 Å². The van der Waals surface area contributed by atoms with Crippen molar-refractivity contribution < 1.29 is 33.7 Å². The number of ether oxygens (including phenoxy) is 3. The summed E-state index contributed by atoms with van der Waals surface area (Å²) in [7, 11) is 0. The predicted molar refractivity (Wildman–Crippen MR) is 112 cm³/mol. The number of Topliss-reactive ketones (excluding diaryl/α,β-unsaturated/α-hetero) is 2. The van der Waals surface area contributed by atoms with Crippen molar-refractivity contribution in [1.82, 2.24) is 0 Å². The van der Waals surface area contributed by atoms with Gasteiger partial charge in [0.25, 0.3) is 0 Å². The number of carbonyl (C=O) groups excluding carboxylic acids is 3. The summed E-state index contributed by atoms with van der Waals surface area (Å²) in [5, 5.41) is 9.59. The quantitative estimate of drug-likeness (QED) is 0.516. The van der Waals surface area contributed by atoms with Crippen LogP contribution in [0, 0.1) is 0 Å². The smallest absolute Gasteiger partial charge is 0.335 e. The molecule has 7 nitrogen and oxygen atoms in total. The first-order chi connectivity index (χ1) is 13.9. The molecule has 0 fully saturated rings. The summed E-state index contributed by atoms with van der Waals surface area (Å²) in [5.74, 6) is -1.14. The van der Waals surface area contributed by atoms with E-state index in [1.54, 1.807) is 38.1 Å². The predicted octanol–water partition coefficient (Wildman–Crippen LogP) is 3.26. The second kappa shape index (κ2) is 10.7. The molecule has 1 rings (SSSR count). The van der Waals surface area contributed by atoms with Gasteiger partial charge in [0.05, 0.1) is 0 Å². The van der Waals surface area contributed by atoms with Gasteiger partial charge in [0.15, 0.2) is 23.6 Å². The Kier molecular flexibility index (Phi) is 9.18. The van der Waals surface area contributed by atoms with Crippen LogP contribution in [0.2, 0.25) is 0 Å². The van der Waals surface area contributed by atoms with Crippen LogP contribution in [0.15, 0.2) is 30.3 Å². The van der Waals surface area contributed by atoms with Crippen molar-refractivity contribution in [3.63, 3.8) is 0 Å². The van der Waals surface area contributed by atoms with E-state index in [2.05, 4.69) is 0 Å². The average Bonchev–Trinajstić information content (AvgIpc) is 2.72. The van der Waals surface area contributed by atoms with Gasteiger partial charge in [-0.1, -0.05) is 32.0 Å². The maximum absolute atomic E-state index is 13.0. The van der Waals surface area contributed by atoms with Crippen LogP contribution in [0.25, 0.3) is 0 Å². The van der Waals surface area contributed by atoms with Gasteiger partial charge in [-0.2, -0.15) is 0 Å². The second-order valence-electron chi connectivity index (χ2n) is 7.83. The lowest BCUT2D eigenvalue weighted by Gasteiger charge is -2.32. The molecule has 7 heteroatoms. The van der Waals surface area contributed by atoms with E-state index in [1.165, 1.54) is 27.7 Å². The zero-order valence-corrected chi connectivity index (χ0v) is 18.9. The highest BCUT2D eigenvalue weighted by atomic mass is 16.6. The number of hydrogen-bond acceptors (Lipinski definition) is 7. The van der Waals surface area contributed by atoms with Crippen molar-refractivity contribution in [2.24, 2.45) is 0 Å². The molecule has 168 valence electrons. The lowest BCUT2D eigenvalue weighted by atomic mass is 9.93. The molecule has 1 N–H and O–H groups in total. The van der Waals surface area contributed by atoms with Gasteiger partial charge in [-0.3, -0.25) is 9.59 Å². The van der Waals surface area contributed by atoms with E-state index in [0.717, 1.165) is 0 Å². The molecule has 0 saturated carbocycles. The molecule has 0 amide bonds. The van der Waals surface area contributed by atoms with Gasteiger partial charge in [-0.15, -0.1) is 0 Å². The summed E-state index contributed by atoms with van der Waals surface area (Å²) in [5.41, 5.74) is -2.51. The fourth-order valence-corrected chi connectivity index (χ4v) is 2.99. The molecule has 1 aromatic carbocycles. The molecule has 5 atom stereocenters. The topological polar surface area (TPSA) is 99.1 Å². The van der Waals surface area contributed by atoms with E-state index in [4.69, 9.17) is 14.2 Å². The van der Waals surface area contributed by atoms with Gasteiger partial charge in [0, 0.05) is 0 Å². The minimum atomic E-state index is -1.34. The number of ketones is 2. The molecular weight excluding hydrogens is 388 g/mol. The summed E-state index contributed by atoms with van der Waals surface area (Å²) in [6.07, 6.45) is -2.75. The van der Waals surface area contributed by atoms with E-state index in [0.29, 0.717) is 12.2 Å². The van der Waals surface area contributed by atoms with E-state index in [1.807, 2.05) is 13.0 Å². The number of aliphatic hydroxyl groups is 1. The number of aliphatic hydroxyl groups excluding tert-OH is 1. The summed E-state index contributed by atoms with van der Waals surface area (Å²) in [6, 6.07) is 8.95. The first kappa shape index (κ1) is 25.8. The number of carbonyl (C=O) groups is 3. The highest BCUT2D eigenvalue weighted by Crippen LogP contribution is 2.25. The van der Waals surface area contributed by atoms with Gasteiger partial charge in [0.1, 0.15) is 17.5 Å². The van der Waals surface area contributed by atoms with Crippen LogP contribution < -0.4 is 4.74 Å². The Bertz CT molecular complexity index is 730. The Morgan fingerprint density at radius 2 is 1.43 bits per heavy atom. The van der Waals surface area contributed by atoms with Crippen molar-refractivity contribution in [2.75, 3.05) is 0 Å². The van der Waals surface area contributed by atoms with Gasteiger partial charge in [-0.05, 0) is 59.6 Å². The fraction of sp³-hybridized carbons (Fsp3) is 0.609. The molecule has 0 radical (unpaired) electrons. The summed E-state index contributed by atoms with van der Waals surface area (Å²) in [6.45, 7) is 11.0. The normalized spacial score (nSPS) is 18.3. The van der Waals surface area contributed by atoms with E-state index >= 15 is 0 Å². The lowest BCUT2D eigenvalue weighted by molar-refractivity contribution is -0.181. The van der Waals surface area contributed by atoms with Gasteiger partial charge >= 0.3 is 5.97 Å². The Morgan fingerprint density at radius 1 is 0.900 bits per heavy atom. The van der Waals surface area contributed by atoms with Crippen LogP contribution in [0.5, 0.6) is 5.75 Å². The summed E-state index contributed by atoms with van der Waals surface area (Å²) >= 11 is 0. The van der Waals surface area contributed by atoms with E-state index < -0.39 is 41.3 Å². The van der Waals surface area contributed by atoms with Crippen LogP contribution in [-0.2, 0) is 23.9 Å². The average molecular weight is 423 g/mol. The van der Waals surface area contributed by atoms with Crippen LogP contribution in [-0.4, -0.2) is 52.2 Å². The number of esters is 1. The largest absolute Gasteiger partial charge is 0.480 e. The van der Waals surface area contributed by atoms with Crippen molar-refractivity contribution in [3.05, 3.63) is 30.3 Å². The molecule has 0 aliphatic heterocycles. The molecule has 30 heavy (non-hydrogen) atoms. The second-order valence-corrected chi connectivity index (χ2v) is 7.83. The van der Waals surface area contributed by atoms with Crippen LogP contribution in [0.4, 0.5) is 0 Å². The molecule has 0 heterocycles. The molecule has 0 aliphatic carbocycles. The fourth-order valence-electron chi connectivity index (χ4n) is 2.99. The molecule has 0 bridgehead atoms. The summed E-state index contributed by atoms with van der Waals surface area (Å²) < 4.78 is 16.8. The third-order valence-corrected chi connectivity index (χ3v) is 5.29. The maximum atomic E-state index is 13.0. The minimum Gasteiger partial charge on any atom is -0.480 e. The molecule has 1 aromatic rings. The van der Waals surface area contributed by atoms with Crippen molar-refractivity contribution in [3.8, 4) is 5.75 Å². The van der Waals surface area contributed by atoms with Crippen molar-refractivity contribution >= 4 is 17.5 Å². The number of para-hydroxylation sites is 1. The first-order valence-corrected chi connectivity index (χ1v) is 10.3. The standard InChI is InChI=1S/C23H34O7/c1-8-22(6,19(25)15(3)24)29-17(5)21(27)28-16(4)20(26)23(7,9-2)30-18-13-11-10-12-14-18/h10-17,24H,8-9H2,1-7H3. The summed E-state index contributed by atoms with van der Waals surface area (Å²) in [4.78, 5) is 37.7. The third kappa shape index (κ3) is 6.37. The van der Waals surface area contributed by atoms with Gasteiger partial charge < -0.3 is 19.3 Å². The Labute approximate surface area is 178 Å². The lowest BCUT2D eigenvalue weighted by Crippen LogP contribution is -2.49. The zero-order chi connectivity index (χ0) is 23.1. The van der Waals surface area contributed by atoms with Crippen LogP contribution >= 0.6 is 0 Å². The molecule has 0 aliphatic rings. The molecule has 0 spiro atoms. The SMILES string of the molecule is CCC(C)(OC(C)C(=O)OC(C)C(=O)C(C)(CC)Oc1ccccc1)C(=O)C(C)O. The van der Waals surface area contributed by atoms with E-state index in [-0.39, 0.29) is 12.2 Å². The third-order valence-electron chi connectivity index (χ3n) is 5.29. The van der Waals surface area contributed by atoms with Gasteiger partial charge in [-0.25, -0.2) is 4.79 Å². The number of benzene rings is 1. The highest BCUT2D eigenvalue weighted by Gasteiger charge is 2.41. The minimum absolute atomic E-state index is 0.266. The zero-order valence-electron chi connectivity index (χ0n) is 18.9. The first-order valence-electron chi connectivity index (χ1n) is 10.3. The Balaban J connectivity index is 2.83.